The van der Waals surface area contributed by atoms with Crippen LogP contribution in [0.15, 0.2) is 4.40 Å². The van der Waals surface area contributed by atoms with Gasteiger partial charge in [0.05, 0.1) is 0 Å². The van der Waals surface area contributed by atoms with Crippen LogP contribution in [-0.2, 0) is 9.89 Å². The highest BCUT2D eigenvalue weighted by Gasteiger charge is 1.90. The number of hydroxylamine groups is 1. The van der Waals surface area contributed by atoms with Crippen molar-refractivity contribution >= 4 is 21.7 Å². The summed E-state index contributed by atoms with van der Waals surface area (Å²) in [7, 11) is -3.00. The summed E-state index contributed by atoms with van der Waals surface area (Å²) in [5.41, 5.74) is 6.30. The molecule has 0 rings (SSSR count). The van der Waals surface area contributed by atoms with E-state index in [2.05, 4.69) is 10.3 Å². The van der Waals surface area contributed by atoms with E-state index in [-0.39, 0.29) is 0 Å². The number of guanidine groups is 1. The maximum absolute atomic E-state index is 10.4. The molecule has 0 fully saturated rings. The predicted molar refractivity (Wildman–Crippen MR) is 36.0 cm³/mol. The van der Waals surface area contributed by atoms with Gasteiger partial charge in [0.1, 0.15) is 9.89 Å². The van der Waals surface area contributed by atoms with E-state index in [1.54, 1.807) is 0 Å². The van der Waals surface area contributed by atoms with Crippen LogP contribution in [0.25, 0.3) is 0 Å². The quantitative estimate of drug-likeness (QED) is 0.147. The first-order valence-corrected chi connectivity index (χ1v) is 3.61. The van der Waals surface area contributed by atoms with Gasteiger partial charge in [0.25, 0.3) is 0 Å². The van der Waals surface area contributed by atoms with Gasteiger partial charge in [-0.3, -0.25) is 5.21 Å². The molecule has 54 valence electrons. The molecule has 9 heavy (non-hydrogen) atoms. The second-order valence-electron chi connectivity index (χ2n) is 1.28. The van der Waals surface area contributed by atoms with Gasteiger partial charge in [0.15, 0.2) is 0 Å². The second kappa shape index (κ2) is 2.67. The third-order valence-electron chi connectivity index (χ3n) is 0.367. The molecule has 0 aromatic heterocycles. The number of nitrogens with two attached hydrogens (primary N) is 2. The molecule has 0 saturated heterocycles. The zero-order chi connectivity index (χ0) is 7.49. The second-order valence-corrected chi connectivity index (χ2v) is 2.84. The minimum atomic E-state index is -3.00. The Morgan fingerprint density at radius 3 is 2.44 bits per heavy atom. The highest BCUT2D eigenvalue weighted by molar-refractivity contribution is 7.97. The minimum absolute atomic E-state index is 0.419. The summed E-state index contributed by atoms with van der Waals surface area (Å²) < 4.78 is 13.5. The molecule has 0 aliphatic heterocycles. The van der Waals surface area contributed by atoms with Gasteiger partial charge in [0.2, 0.25) is 5.96 Å². The van der Waals surface area contributed by atoms with E-state index >= 15 is 0 Å². The van der Waals surface area contributed by atoms with Crippen molar-refractivity contribution in [2.45, 2.75) is 0 Å². The average molecular weight is 152 g/mol. The molecular weight excluding hydrogens is 144 g/mol. The third kappa shape index (κ3) is 5.07. The molecule has 0 aromatic carbocycles. The summed E-state index contributed by atoms with van der Waals surface area (Å²) in [6.07, 6.45) is 0. The summed E-state index contributed by atoms with van der Waals surface area (Å²) >= 11 is 0. The summed E-state index contributed by atoms with van der Waals surface area (Å²) in [6.45, 7) is 0. The van der Waals surface area contributed by atoms with Gasteiger partial charge in [-0.1, -0.05) is 0 Å². The standard InChI is InChI=1S/C2H8N4O2S/c1-9(4,8)6-2(3)5-7/h7H,1H2,(H5,3,4,5,6,8). The summed E-state index contributed by atoms with van der Waals surface area (Å²) in [5.74, 6) is 2.53. The van der Waals surface area contributed by atoms with Crippen molar-refractivity contribution in [3.63, 3.8) is 0 Å². The van der Waals surface area contributed by atoms with E-state index in [1.807, 2.05) is 0 Å². The third-order valence-corrected chi connectivity index (χ3v) is 0.873. The van der Waals surface area contributed by atoms with Crippen LogP contribution >= 0.6 is 0 Å². The largest absolute Gasteiger partial charge is 0.367 e. The first-order chi connectivity index (χ1) is 3.95. The van der Waals surface area contributed by atoms with Crippen molar-refractivity contribution in [2.24, 2.45) is 15.3 Å². The molecule has 0 aliphatic rings. The van der Waals surface area contributed by atoms with E-state index in [4.69, 9.17) is 16.1 Å². The topological polar surface area (TPSA) is 114 Å². The van der Waals surface area contributed by atoms with Crippen LogP contribution in [0.4, 0.5) is 0 Å². The minimum Gasteiger partial charge on any atom is -0.367 e. The number of nitrogens with zero attached hydrogens (tertiary/aromatic N) is 1. The number of hydrogen-bond donors (Lipinski definition) is 4. The number of nitrogens with one attached hydrogen (secondary N) is 1. The Morgan fingerprint density at radius 1 is 1.89 bits per heavy atom. The van der Waals surface area contributed by atoms with Crippen LogP contribution in [0, 0.1) is 0 Å². The van der Waals surface area contributed by atoms with Crippen molar-refractivity contribution in [1.29, 1.82) is 0 Å². The molecule has 0 aromatic rings. The first kappa shape index (κ1) is 8.21. The lowest BCUT2D eigenvalue weighted by Gasteiger charge is -1.95. The molecule has 0 spiro atoms. The lowest BCUT2D eigenvalue weighted by atomic mass is 11.1. The van der Waals surface area contributed by atoms with E-state index in [0.29, 0.717) is 0 Å². The lowest BCUT2D eigenvalue weighted by Crippen LogP contribution is -2.30. The molecule has 1 unspecified atom stereocenters. The van der Waals surface area contributed by atoms with Gasteiger partial charge in [0, 0.05) is 0 Å². The van der Waals surface area contributed by atoms with Crippen LogP contribution in [0.1, 0.15) is 0 Å². The smallest absolute Gasteiger partial charge is 0.227 e. The summed E-state index contributed by atoms with van der Waals surface area (Å²) in [5, 5.41) is 12.8. The van der Waals surface area contributed by atoms with Crippen molar-refractivity contribution in [2.75, 3.05) is 0 Å². The fourth-order valence-corrected chi connectivity index (χ4v) is 0.561. The fourth-order valence-electron chi connectivity index (χ4n) is 0.187. The van der Waals surface area contributed by atoms with Gasteiger partial charge in [-0.2, -0.15) is 0 Å². The van der Waals surface area contributed by atoms with Crippen molar-refractivity contribution in [3.8, 4) is 0 Å². The van der Waals surface area contributed by atoms with Crippen LogP contribution in [0.5, 0.6) is 0 Å². The molecule has 6 N–H and O–H groups in total. The normalized spacial score (nSPS) is 18.7. The molecule has 7 heteroatoms. The Morgan fingerprint density at radius 2 is 2.33 bits per heavy atom. The molecule has 0 saturated carbocycles. The molecule has 6 nitrogen and oxygen atoms in total. The van der Waals surface area contributed by atoms with Crippen molar-refractivity contribution in [1.82, 2.24) is 5.48 Å². The van der Waals surface area contributed by atoms with Gasteiger partial charge in [-0.05, 0) is 5.87 Å². The summed E-state index contributed by atoms with van der Waals surface area (Å²) in [6, 6.07) is 0. The zero-order valence-electron chi connectivity index (χ0n) is 4.57. The Balaban J connectivity index is 4.32. The molecule has 1 atom stereocenters. The molecule has 0 aliphatic carbocycles. The maximum Gasteiger partial charge on any atom is 0.227 e. The maximum atomic E-state index is 10.4. The average Bonchev–Trinajstić information content (AvgIpc) is 1.62. The van der Waals surface area contributed by atoms with Crippen LogP contribution < -0.4 is 16.4 Å². The van der Waals surface area contributed by atoms with E-state index in [9.17, 15) is 4.21 Å². The van der Waals surface area contributed by atoms with Crippen LogP contribution in [-0.4, -0.2) is 21.2 Å². The van der Waals surface area contributed by atoms with E-state index < -0.39 is 15.9 Å². The van der Waals surface area contributed by atoms with Gasteiger partial charge >= 0.3 is 0 Å². The molecular formula is C2H8N4O2S. The molecule has 0 bridgehead atoms. The molecule has 0 heterocycles. The summed E-state index contributed by atoms with van der Waals surface area (Å²) in [4.78, 5) is 0. The van der Waals surface area contributed by atoms with Crippen LogP contribution in [0.3, 0.4) is 0 Å². The van der Waals surface area contributed by atoms with Crippen molar-refractivity contribution in [3.05, 3.63) is 0 Å². The number of rotatable bonds is 1. The van der Waals surface area contributed by atoms with Gasteiger partial charge in [-0.25, -0.2) is 14.8 Å². The Bertz CT molecular complexity index is 205. The first-order valence-electron chi connectivity index (χ1n) is 1.86. The Labute approximate surface area is 52.8 Å². The zero-order valence-corrected chi connectivity index (χ0v) is 5.39. The molecule has 0 radical (unpaired) electrons. The van der Waals surface area contributed by atoms with Gasteiger partial charge < -0.3 is 5.73 Å². The van der Waals surface area contributed by atoms with E-state index in [1.165, 1.54) is 5.48 Å². The monoisotopic (exact) mass is 152 g/mol. The fraction of sp³-hybridized carbons (Fsp3) is 0. The highest BCUT2D eigenvalue weighted by Crippen LogP contribution is 1.74. The van der Waals surface area contributed by atoms with E-state index in [0.717, 1.165) is 0 Å². The Hall–Kier alpha value is -0.790. The predicted octanol–water partition coefficient (Wildman–Crippen LogP) is -2.21. The van der Waals surface area contributed by atoms with Gasteiger partial charge in [-0.15, -0.1) is 4.40 Å². The number of hydrogen-bond acceptors (Lipinski definition) is 2. The highest BCUT2D eigenvalue weighted by atomic mass is 32.2. The Kier molecular flexibility index (Phi) is 2.43. The SMILES string of the molecule is C=S(N)(=O)N=C(N)NO. The van der Waals surface area contributed by atoms with Crippen LogP contribution in [0.2, 0.25) is 0 Å². The van der Waals surface area contributed by atoms with Crippen molar-refractivity contribution < 1.29 is 9.42 Å². The lowest BCUT2D eigenvalue weighted by molar-refractivity contribution is 0.233. The molecule has 0 amide bonds.